The number of hydrogen-bond donors (Lipinski definition) is 5. The van der Waals surface area contributed by atoms with Gasteiger partial charge in [-0.1, -0.05) is 0 Å². The second kappa shape index (κ2) is 8.09. The van der Waals surface area contributed by atoms with Crippen molar-refractivity contribution in [2.75, 3.05) is 13.2 Å². The molecule has 0 aromatic heterocycles. The summed E-state index contributed by atoms with van der Waals surface area (Å²) in [5, 5.41) is 45.3. The molecule has 0 aromatic rings. The van der Waals surface area contributed by atoms with Crippen molar-refractivity contribution < 1.29 is 39.9 Å². The van der Waals surface area contributed by atoms with E-state index in [2.05, 4.69) is 4.74 Å². The van der Waals surface area contributed by atoms with Crippen molar-refractivity contribution in [3.8, 4) is 0 Å². The van der Waals surface area contributed by atoms with Crippen LogP contribution < -0.4 is 0 Å². The number of hydrogen-bond acceptors (Lipinski definition) is 8. The van der Waals surface area contributed by atoms with Crippen LogP contribution in [0.3, 0.4) is 0 Å². The highest BCUT2D eigenvalue weighted by Crippen LogP contribution is 2.05. The molecule has 0 aliphatic rings. The Morgan fingerprint density at radius 1 is 1.12 bits per heavy atom. The number of rotatable bonds is 8. The quantitative estimate of drug-likeness (QED) is 0.170. The Morgan fingerprint density at radius 3 is 2.12 bits per heavy atom. The zero-order valence-electron chi connectivity index (χ0n) is 8.97. The minimum absolute atomic E-state index is 0.315. The van der Waals surface area contributed by atoms with Gasteiger partial charge in [-0.2, -0.15) is 0 Å². The lowest BCUT2D eigenvalue weighted by Crippen LogP contribution is -2.47. The highest BCUT2D eigenvalue weighted by molar-refractivity contribution is 5.83. The fourth-order valence-corrected chi connectivity index (χ4v) is 0.967. The minimum Gasteiger partial charge on any atom is -0.462 e. The van der Waals surface area contributed by atoms with Crippen molar-refractivity contribution in [1.82, 2.24) is 0 Å². The largest absolute Gasteiger partial charge is 0.462 e. The molecular weight excluding hydrogens is 236 g/mol. The maximum absolute atomic E-state index is 10.7. The molecular formula is C9H16O8. The third-order valence-electron chi connectivity index (χ3n) is 1.99. The maximum Gasteiger partial charge on any atom is 0.313 e. The van der Waals surface area contributed by atoms with Crippen LogP contribution in [0.1, 0.15) is 6.42 Å². The monoisotopic (exact) mass is 252 g/mol. The number of aliphatic hydroxyl groups excluding tert-OH is 5. The van der Waals surface area contributed by atoms with Crippen LogP contribution in [-0.4, -0.2) is 75.4 Å². The van der Waals surface area contributed by atoms with Gasteiger partial charge in [0, 0.05) is 0 Å². The predicted octanol–water partition coefficient (Wildman–Crippen LogP) is -3.45. The molecule has 0 amide bonds. The molecule has 0 spiro atoms. The number of ether oxygens (including phenoxy) is 1. The summed E-state index contributed by atoms with van der Waals surface area (Å²) in [6, 6.07) is 0. The summed E-state index contributed by atoms with van der Waals surface area (Å²) in [6.07, 6.45) is -6.99. The second-order valence-electron chi connectivity index (χ2n) is 3.35. The number of aldehydes is 1. The van der Waals surface area contributed by atoms with Gasteiger partial charge in [-0.15, -0.1) is 0 Å². The third-order valence-corrected chi connectivity index (χ3v) is 1.99. The van der Waals surface area contributed by atoms with Crippen molar-refractivity contribution in [2.45, 2.75) is 30.8 Å². The van der Waals surface area contributed by atoms with Crippen LogP contribution in [0.5, 0.6) is 0 Å². The van der Waals surface area contributed by atoms with Gasteiger partial charge in [-0.25, -0.2) is 0 Å². The molecule has 0 radical (unpaired) electrons. The van der Waals surface area contributed by atoms with E-state index in [1.54, 1.807) is 0 Å². The molecule has 8 heteroatoms. The summed E-state index contributed by atoms with van der Waals surface area (Å²) in [6.45, 7) is -1.43. The molecule has 0 saturated carbocycles. The molecule has 17 heavy (non-hydrogen) atoms. The highest BCUT2D eigenvalue weighted by atomic mass is 16.5. The molecule has 0 aromatic carbocycles. The molecule has 0 fully saturated rings. The number of aliphatic hydroxyl groups is 5. The van der Waals surface area contributed by atoms with Gasteiger partial charge in [0.1, 0.15) is 43.7 Å². The lowest BCUT2D eigenvalue weighted by atomic mass is 10.0. The van der Waals surface area contributed by atoms with Crippen molar-refractivity contribution in [3.05, 3.63) is 0 Å². The van der Waals surface area contributed by atoms with Crippen LogP contribution in [-0.2, 0) is 14.3 Å². The Hall–Kier alpha value is -1.06. The summed E-state index contributed by atoms with van der Waals surface area (Å²) in [5.41, 5.74) is 0. The number of esters is 1. The predicted molar refractivity (Wildman–Crippen MR) is 52.8 cm³/mol. The van der Waals surface area contributed by atoms with Gasteiger partial charge in [0.25, 0.3) is 0 Å². The Kier molecular flexibility index (Phi) is 7.59. The second-order valence-corrected chi connectivity index (χ2v) is 3.35. The summed E-state index contributed by atoms with van der Waals surface area (Å²) < 4.78 is 4.39. The fourth-order valence-electron chi connectivity index (χ4n) is 0.967. The van der Waals surface area contributed by atoms with Gasteiger partial charge < -0.3 is 35.1 Å². The highest BCUT2D eigenvalue weighted by Gasteiger charge is 2.30. The van der Waals surface area contributed by atoms with E-state index >= 15 is 0 Å². The van der Waals surface area contributed by atoms with Gasteiger partial charge >= 0.3 is 5.97 Å². The average molecular weight is 252 g/mol. The standard InChI is InChI=1S/C9H16O8/c10-2-1-7(14)17-4-6(13)9(16)8(15)5(12)3-11/h2,5-6,8-9,11-13,15-16H,1,3-4H2/t5-,6+,8-,9-/m1/s1. The smallest absolute Gasteiger partial charge is 0.313 e. The molecule has 5 N–H and O–H groups in total. The van der Waals surface area contributed by atoms with Gasteiger partial charge in [-0.3, -0.25) is 4.79 Å². The van der Waals surface area contributed by atoms with Crippen LogP contribution in [0, 0.1) is 0 Å². The van der Waals surface area contributed by atoms with Crippen molar-refractivity contribution in [1.29, 1.82) is 0 Å². The SMILES string of the molecule is O=CCC(=O)OC[C@H](O)[C@@H](O)[C@H](O)[C@H](O)CO. The van der Waals surface area contributed by atoms with Crippen LogP contribution in [0.4, 0.5) is 0 Å². The van der Waals surface area contributed by atoms with E-state index in [1.165, 1.54) is 0 Å². The van der Waals surface area contributed by atoms with Crippen molar-refractivity contribution >= 4 is 12.3 Å². The summed E-state index contributed by atoms with van der Waals surface area (Å²) in [5.74, 6) is -0.886. The topological polar surface area (TPSA) is 145 Å². The van der Waals surface area contributed by atoms with E-state index in [0.29, 0.717) is 6.29 Å². The van der Waals surface area contributed by atoms with Crippen LogP contribution in [0.15, 0.2) is 0 Å². The fraction of sp³-hybridized carbons (Fsp3) is 0.778. The van der Waals surface area contributed by atoms with E-state index in [9.17, 15) is 24.9 Å². The van der Waals surface area contributed by atoms with E-state index in [1.807, 2.05) is 0 Å². The first kappa shape index (κ1) is 15.9. The molecule has 0 bridgehead atoms. The first-order chi connectivity index (χ1) is 7.93. The molecule has 0 unspecified atom stereocenters. The average Bonchev–Trinajstić information content (AvgIpc) is 2.33. The van der Waals surface area contributed by atoms with Crippen LogP contribution in [0.25, 0.3) is 0 Å². The summed E-state index contributed by atoms with van der Waals surface area (Å²) in [4.78, 5) is 20.6. The third kappa shape index (κ3) is 5.71. The number of carbonyl (C=O) groups is 2. The van der Waals surface area contributed by atoms with E-state index in [4.69, 9.17) is 10.2 Å². The Labute approximate surface area is 97.1 Å². The maximum atomic E-state index is 10.7. The normalized spacial score (nSPS) is 17.9. The first-order valence-electron chi connectivity index (χ1n) is 4.86. The lowest BCUT2D eigenvalue weighted by molar-refractivity contribution is -0.156. The first-order valence-corrected chi connectivity index (χ1v) is 4.86. The van der Waals surface area contributed by atoms with Gasteiger partial charge in [0.05, 0.1) is 6.61 Å². The lowest BCUT2D eigenvalue weighted by Gasteiger charge is -2.25. The van der Waals surface area contributed by atoms with Gasteiger partial charge in [0.2, 0.25) is 0 Å². The zero-order chi connectivity index (χ0) is 13.4. The molecule has 0 saturated heterocycles. The summed E-state index contributed by atoms with van der Waals surface area (Å²) in [7, 11) is 0. The molecule has 0 rings (SSSR count). The zero-order valence-corrected chi connectivity index (χ0v) is 8.97. The molecule has 100 valence electrons. The molecule has 0 heterocycles. The van der Waals surface area contributed by atoms with Crippen LogP contribution in [0.2, 0.25) is 0 Å². The van der Waals surface area contributed by atoms with E-state index in [0.717, 1.165) is 0 Å². The Morgan fingerprint density at radius 2 is 1.65 bits per heavy atom. The van der Waals surface area contributed by atoms with Crippen LogP contribution >= 0.6 is 0 Å². The van der Waals surface area contributed by atoms with E-state index < -0.39 is 50.0 Å². The Bertz CT molecular complexity index is 243. The van der Waals surface area contributed by atoms with Crippen molar-refractivity contribution in [3.63, 3.8) is 0 Å². The number of carbonyl (C=O) groups excluding carboxylic acids is 2. The molecule has 8 nitrogen and oxygen atoms in total. The van der Waals surface area contributed by atoms with Gasteiger partial charge in [0.15, 0.2) is 0 Å². The molecule has 0 aliphatic heterocycles. The van der Waals surface area contributed by atoms with Crippen molar-refractivity contribution in [2.24, 2.45) is 0 Å². The molecule has 4 atom stereocenters. The van der Waals surface area contributed by atoms with E-state index in [-0.39, 0.29) is 0 Å². The molecule has 0 aliphatic carbocycles. The summed E-state index contributed by atoms with van der Waals surface area (Å²) >= 11 is 0. The Balaban J connectivity index is 4.08. The minimum atomic E-state index is -1.79. The van der Waals surface area contributed by atoms with Gasteiger partial charge in [-0.05, 0) is 0 Å².